The summed E-state index contributed by atoms with van der Waals surface area (Å²) in [7, 11) is 0. The molecule has 20 heavy (non-hydrogen) atoms. The van der Waals surface area contributed by atoms with Crippen LogP contribution in [0.25, 0.3) is 0 Å². The molecule has 1 aromatic heterocycles. The Morgan fingerprint density at radius 2 is 2.20 bits per heavy atom. The van der Waals surface area contributed by atoms with Crippen molar-refractivity contribution in [3.8, 4) is 5.75 Å². The van der Waals surface area contributed by atoms with Gasteiger partial charge in [-0.2, -0.15) is 0 Å². The van der Waals surface area contributed by atoms with Crippen LogP contribution in [0, 0.1) is 6.92 Å². The lowest BCUT2D eigenvalue weighted by Gasteiger charge is -2.32. The molecule has 0 saturated carbocycles. The standard InChI is InChI=1S/C16H19NO3/c1-12-5-6-15(20-12)10-17-7-8-19-16(11-17)13-3-2-4-14(18)9-13/h2-6,9,16,18H,7-8,10-11H2,1H3/t16-/m1/s1. The van der Waals surface area contributed by atoms with E-state index in [0.29, 0.717) is 6.61 Å². The maximum Gasteiger partial charge on any atom is 0.118 e. The van der Waals surface area contributed by atoms with Crippen LogP contribution < -0.4 is 0 Å². The molecule has 1 fully saturated rings. The second-order valence-corrected chi connectivity index (χ2v) is 5.20. The van der Waals surface area contributed by atoms with Crippen molar-refractivity contribution in [1.82, 2.24) is 4.90 Å². The molecule has 1 aliphatic heterocycles. The van der Waals surface area contributed by atoms with Crippen LogP contribution in [0.5, 0.6) is 5.75 Å². The monoisotopic (exact) mass is 273 g/mol. The number of ether oxygens (including phenoxy) is 1. The number of phenolic OH excluding ortho intramolecular Hbond substituents is 1. The number of phenols is 1. The summed E-state index contributed by atoms with van der Waals surface area (Å²) in [6.45, 7) is 5.16. The van der Waals surface area contributed by atoms with Gasteiger partial charge >= 0.3 is 0 Å². The Morgan fingerprint density at radius 1 is 1.30 bits per heavy atom. The van der Waals surface area contributed by atoms with Crippen LogP contribution in [0.15, 0.2) is 40.8 Å². The van der Waals surface area contributed by atoms with Crippen molar-refractivity contribution in [2.75, 3.05) is 19.7 Å². The number of rotatable bonds is 3. The fourth-order valence-corrected chi connectivity index (χ4v) is 2.56. The van der Waals surface area contributed by atoms with Gasteiger partial charge in [0, 0.05) is 13.1 Å². The second kappa shape index (κ2) is 5.69. The molecule has 1 aliphatic rings. The summed E-state index contributed by atoms with van der Waals surface area (Å²) in [6, 6.07) is 11.3. The lowest BCUT2D eigenvalue weighted by atomic mass is 10.1. The average Bonchev–Trinajstić information content (AvgIpc) is 2.84. The van der Waals surface area contributed by atoms with Crippen molar-refractivity contribution in [1.29, 1.82) is 0 Å². The van der Waals surface area contributed by atoms with Crippen LogP contribution >= 0.6 is 0 Å². The molecular weight excluding hydrogens is 254 g/mol. The zero-order valence-corrected chi connectivity index (χ0v) is 11.6. The smallest absolute Gasteiger partial charge is 0.118 e. The zero-order valence-electron chi connectivity index (χ0n) is 11.6. The summed E-state index contributed by atoms with van der Waals surface area (Å²) >= 11 is 0. The highest BCUT2D eigenvalue weighted by Crippen LogP contribution is 2.25. The number of nitrogens with zero attached hydrogens (tertiary/aromatic N) is 1. The molecule has 4 nitrogen and oxygen atoms in total. The largest absolute Gasteiger partial charge is 0.508 e. The molecule has 1 atom stereocenters. The molecule has 0 aliphatic carbocycles. The van der Waals surface area contributed by atoms with E-state index < -0.39 is 0 Å². The number of aryl methyl sites for hydroxylation is 1. The van der Waals surface area contributed by atoms with Crippen molar-refractivity contribution in [2.24, 2.45) is 0 Å². The number of benzene rings is 1. The first-order valence-corrected chi connectivity index (χ1v) is 6.89. The van der Waals surface area contributed by atoms with Gasteiger partial charge in [0.25, 0.3) is 0 Å². The van der Waals surface area contributed by atoms with Crippen LogP contribution in [0.1, 0.15) is 23.2 Å². The van der Waals surface area contributed by atoms with E-state index in [2.05, 4.69) is 4.90 Å². The highest BCUT2D eigenvalue weighted by atomic mass is 16.5. The maximum atomic E-state index is 9.56. The van der Waals surface area contributed by atoms with Crippen molar-refractivity contribution in [3.05, 3.63) is 53.5 Å². The third-order valence-corrected chi connectivity index (χ3v) is 3.57. The number of hydrogen-bond donors (Lipinski definition) is 1. The molecule has 1 aromatic carbocycles. The minimum atomic E-state index is 0.00640. The molecule has 0 radical (unpaired) electrons. The molecule has 0 spiro atoms. The Kier molecular flexibility index (Phi) is 3.76. The van der Waals surface area contributed by atoms with Gasteiger partial charge in [-0.05, 0) is 36.8 Å². The molecule has 0 amide bonds. The minimum Gasteiger partial charge on any atom is -0.508 e. The topological polar surface area (TPSA) is 45.8 Å². The molecular formula is C16H19NO3. The minimum absolute atomic E-state index is 0.00640. The average molecular weight is 273 g/mol. The van der Waals surface area contributed by atoms with E-state index in [0.717, 1.165) is 36.7 Å². The van der Waals surface area contributed by atoms with Crippen molar-refractivity contribution in [3.63, 3.8) is 0 Å². The van der Waals surface area contributed by atoms with E-state index in [1.807, 2.05) is 31.2 Å². The fraction of sp³-hybridized carbons (Fsp3) is 0.375. The van der Waals surface area contributed by atoms with Gasteiger partial charge in [0.05, 0.1) is 19.3 Å². The van der Waals surface area contributed by atoms with Crippen LogP contribution in [0.2, 0.25) is 0 Å². The van der Waals surface area contributed by atoms with Gasteiger partial charge < -0.3 is 14.3 Å². The maximum absolute atomic E-state index is 9.56. The molecule has 0 unspecified atom stereocenters. The Labute approximate surface area is 118 Å². The van der Waals surface area contributed by atoms with E-state index in [4.69, 9.17) is 9.15 Å². The van der Waals surface area contributed by atoms with Crippen LogP contribution in [0.3, 0.4) is 0 Å². The van der Waals surface area contributed by atoms with Gasteiger partial charge in [0.15, 0.2) is 0 Å². The third kappa shape index (κ3) is 3.03. The van der Waals surface area contributed by atoms with Crippen molar-refractivity contribution < 1.29 is 14.3 Å². The highest BCUT2D eigenvalue weighted by Gasteiger charge is 2.22. The van der Waals surface area contributed by atoms with Crippen LogP contribution in [-0.2, 0) is 11.3 Å². The third-order valence-electron chi connectivity index (χ3n) is 3.57. The Hall–Kier alpha value is -1.78. The van der Waals surface area contributed by atoms with E-state index in [1.54, 1.807) is 12.1 Å². The molecule has 3 rings (SSSR count). The van der Waals surface area contributed by atoms with Crippen LogP contribution in [0.4, 0.5) is 0 Å². The Bertz CT molecular complexity index is 579. The fourth-order valence-electron chi connectivity index (χ4n) is 2.56. The van der Waals surface area contributed by atoms with Gasteiger partial charge in [-0.1, -0.05) is 12.1 Å². The first kappa shape index (κ1) is 13.2. The first-order chi connectivity index (χ1) is 9.70. The molecule has 2 aromatic rings. The summed E-state index contributed by atoms with van der Waals surface area (Å²) in [5, 5.41) is 9.56. The quantitative estimate of drug-likeness (QED) is 0.934. The van der Waals surface area contributed by atoms with Gasteiger partial charge in [0.2, 0.25) is 0 Å². The number of aromatic hydroxyl groups is 1. The summed E-state index contributed by atoms with van der Waals surface area (Å²) in [5.74, 6) is 2.21. The zero-order chi connectivity index (χ0) is 13.9. The van der Waals surface area contributed by atoms with E-state index >= 15 is 0 Å². The molecule has 2 heterocycles. The van der Waals surface area contributed by atoms with Gasteiger partial charge in [-0.25, -0.2) is 0 Å². The summed E-state index contributed by atoms with van der Waals surface area (Å²) in [5.41, 5.74) is 1.02. The predicted molar refractivity (Wildman–Crippen MR) is 75.5 cm³/mol. The van der Waals surface area contributed by atoms with Crippen LogP contribution in [-0.4, -0.2) is 29.7 Å². The molecule has 1 saturated heterocycles. The Morgan fingerprint density at radius 3 is 2.95 bits per heavy atom. The van der Waals surface area contributed by atoms with Gasteiger partial charge in [-0.15, -0.1) is 0 Å². The number of hydrogen-bond acceptors (Lipinski definition) is 4. The van der Waals surface area contributed by atoms with Crippen molar-refractivity contribution >= 4 is 0 Å². The lowest BCUT2D eigenvalue weighted by Crippen LogP contribution is -2.37. The van der Waals surface area contributed by atoms with Crippen molar-refractivity contribution in [2.45, 2.75) is 19.6 Å². The normalized spacial score (nSPS) is 20.1. The van der Waals surface area contributed by atoms with E-state index in [1.165, 1.54) is 0 Å². The van der Waals surface area contributed by atoms with E-state index in [-0.39, 0.29) is 11.9 Å². The highest BCUT2D eigenvalue weighted by molar-refractivity contribution is 5.29. The molecule has 106 valence electrons. The molecule has 1 N–H and O–H groups in total. The summed E-state index contributed by atoms with van der Waals surface area (Å²) < 4.78 is 11.4. The number of morpholine rings is 1. The molecule has 4 heteroatoms. The van der Waals surface area contributed by atoms with E-state index in [9.17, 15) is 5.11 Å². The Balaban J connectivity index is 1.67. The summed E-state index contributed by atoms with van der Waals surface area (Å²) in [6.07, 6.45) is 0.00640. The van der Waals surface area contributed by atoms with Gasteiger partial charge in [0.1, 0.15) is 17.3 Å². The lowest BCUT2D eigenvalue weighted by molar-refractivity contribution is -0.0348. The summed E-state index contributed by atoms with van der Waals surface area (Å²) in [4.78, 5) is 2.32. The SMILES string of the molecule is Cc1ccc(CN2CCO[C@@H](c3cccc(O)c3)C2)o1. The predicted octanol–water partition coefficient (Wildman–Crippen LogP) is 2.87. The van der Waals surface area contributed by atoms with Gasteiger partial charge in [-0.3, -0.25) is 4.90 Å². The second-order valence-electron chi connectivity index (χ2n) is 5.20. The number of furan rings is 1. The molecule has 0 bridgehead atoms. The first-order valence-electron chi connectivity index (χ1n) is 6.89.